The van der Waals surface area contributed by atoms with E-state index in [-0.39, 0.29) is 0 Å². The van der Waals surface area contributed by atoms with Crippen LogP contribution in [0.25, 0.3) is 11.0 Å². The Hall–Kier alpha value is -1.62. The number of nitrogen functional groups attached to an aromatic ring is 1. The molecule has 0 amide bonds. The molecule has 0 spiro atoms. The van der Waals surface area contributed by atoms with Gasteiger partial charge >= 0.3 is 0 Å². The van der Waals surface area contributed by atoms with Gasteiger partial charge in [-0.1, -0.05) is 0 Å². The molecule has 1 aliphatic heterocycles. The maximum Gasteiger partial charge on any atom is 0.145 e. The van der Waals surface area contributed by atoms with Crippen molar-refractivity contribution in [3.63, 3.8) is 0 Å². The molecule has 0 bridgehead atoms. The van der Waals surface area contributed by atoms with Crippen molar-refractivity contribution < 1.29 is 0 Å². The summed E-state index contributed by atoms with van der Waals surface area (Å²) in [6.07, 6.45) is 4.21. The Morgan fingerprint density at radius 3 is 2.65 bits per heavy atom. The summed E-state index contributed by atoms with van der Waals surface area (Å²) in [6, 6.07) is 0.530. The van der Waals surface area contributed by atoms with Crippen LogP contribution in [0, 0.1) is 13.8 Å². The molecule has 5 heteroatoms. The van der Waals surface area contributed by atoms with Gasteiger partial charge in [-0.05, 0) is 52.3 Å². The number of nitrogens with two attached hydrogens (primary N) is 1. The van der Waals surface area contributed by atoms with Crippen molar-refractivity contribution in [2.45, 2.75) is 46.2 Å². The van der Waals surface area contributed by atoms with Gasteiger partial charge in [-0.25, -0.2) is 9.97 Å². The van der Waals surface area contributed by atoms with Crippen LogP contribution in [0.1, 0.15) is 31.0 Å². The van der Waals surface area contributed by atoms with E-state index in [0.717, 1.165) is 17.6 Å². The number of aromatic nitrogens is 3. The fourth-order valence-electron chi connectivity index (χ4n) is 3.28. The van der Waals surface area contributed by atoms with E-state index < -0.39 is 0 Å². The van der Waals surface area contributed by atoms with Crippen LogP contribution in [0.5, 0.6) is 0 Å². The number of rotatable bonds is 3. The third-order valence-corrected chi connectivity index (χ3v) is 4.65. The molecule has 1 atom stereocenters. The minimum atomic E-state index is 0.530. The molecule has 0 saturated carbocycles. The first-order valence-electron chi connectivity index (χ1n) is 7.39. The van der Waals surface area contributed by atoms with E-state index in [0.29, 0.717) is 11.9 Å². The highest BCUT2D eigenvalue weighted by atomic mass is 15.2. The van der Waals surface area contributed by atoms with Crippen LogP contribution in [0.4, 0.5) is 5.82 Å². The largest absolute Gasteiger partial charge is 0.383 e. The molecule has 3 rings (SSSR count). The normalized spacial score (nSPS) is 17.9. The number of likely N-dealkylation sites (tertiary alicyclic amines) is 1. The standard InChI is InChI=1S/C15H23N5/c1-10(19-6-4-5-7-19)8-20-12(3)11(2)13-14(16)17-9-18-15(13)20/h9-10H,4-8H2,1-3H3,(H2,16,17,18). The summed E-state index contributed by atoms with van der Waals surface area (Å²) in [7, 11) is 0. The smallest absolute Gasteiger partial charge is 0.145 e. The molecule has 1 fully saturated rings. The van der Waals surface area contributed by atoms with Crippen molar-refractivity contribution in [3.8, 4) is 0 Å². The van der Waals surface area contributed by atoms with Crippen molar-refractivity contribution in [3.05, 3.63) is 17.6 Å². The van der Waals surface area contributed by atoms with E-state index >= 15 is 0 Å². The summed E-state index contributed by atoms with van der Waals surface area (Å²) in [5.74, 6) is 0.586. The lowest BCUT2D eigenvalue weighted by Gasteiger charge is -2.25. The Morgan fingerprint density at radius 1 is 1.25 bits per heavy atom. The molecule has 20 heavy (non-hydrogen) atoms. The highest BCUT2D eigenvalue weighted by Gasteiger charge is 2.21. The molecule has 1 unspecified atom stereocenters. The Labute approximate surface area is 119 Å². The fourth-order valence-corrected chi connectivity index (χ4v) is 3.28. The number of hydrogen-bond donors (Lipinski definition) is 1. The van der Waals surface area contributed by atoms with Crippen molar-refractivity contribution in [1.29, 1.82) is 0 Å². The zero-order valence-electron chi connectivity index (χ0n) is 12.6. The van der Waals surface area contributed by atoms with Gasteiger partial charge in [0, 0.05) is 18.3 Å². The van der Waals surface area contributed by atoms with Gasteiger partial charge < -0.3 is 10.3 Å². The van der Waals surface area contributed by atoms with Gasteiger partial charge in [0.25, 0.3) is 0 Å². The average Bonchev–Trinajstić information content (AvgIpc) is 3.03. The molecule has 2 aromatic heterocycles. The third kappa shape index (κ3) is 2.06. The van der Waals surface area contributed by atoms with Gasteiger partial charge in [0.1, 0.15) is 17.8 Å². The molecule has 0 aliphatic carbocycles. The van der Waals surface area contributed by atoms with Crippen LogP contribution in [0.15, 0.2) is 6.33 Å². The Balaban J connectivity index is 1.99. The summed E-state index contributed by atoms with van der Waals surface area (Å²) < 4.78 is 2.30. The lowest BCUT2D eigenvalue weighted by Crippen LogP contribution is -2.33. The second-order valence-corrected chi connectivity index (χ2v) is 5.87. The van der Waals surface area contributed by atoms with E-state index in [1.165, 1.54) is 37.2 Å². The Kier molecular flexibility index (Phi) is 3.38. The van der Waals surface area contributed by atoms with Gasteiger partial charge in [0.15, 0.2) is 0 Å². The van der Waals surface area contributed by atoms with E-state index in [2.05, 4.69) is 40.2 Å². The molecule has 1 aliphatic rings. The first-order valence-corrected chi connectivity index (χ1v) is 7.39. The molecule has 0 aromatic carbocycles. The van der Waals surface area contributed by atoms with Crippen LogP contribution >= 0.6 is 0 Å². The predicted molar refractivity (Wildman–Crippen MR) is 81.7 cm³/mol. The number of hydrogen-bond acceptors (Lipinski definition) is 4. The van der Waals surface area contributed by atoms with Gasteiger partial charge in [0.05, 0.1) is 5.39 Å². The maximum absolute atomic E-state index is 6.02. The van der Waals surface area contributed by atoms with E-state index in [4.69, 9.17) is 5.73 Å². The first-order chi connectivity index (χ1) is 9.59. The van der Waals surface area contributed by atoms with Crippen molar-refractivity contribution in [2.24, 2.45) is 0 Å². The lowest BCUT2D eigenvalue weighted by atomic mass is 10.2. The van der Waals surface area contributed by atoms with E-state index in [9.17, 15) is 0 Å². The predicted octanol–water partition coefficient (Wildman–Crippen LogP) is 2.11. The Morgan fingerprint density at radius 2 is 1.95 bits per heavy atom. The highest BCUT2D eigenvalue weighted by molar-refractivity contribution is 5.90. The number of aryl methyl sites for hydroxylation is 1. The van der Waals surface area contributed by atoms with Crippen molar-refractivity contribution in [1.82, 2.24) is 19.4 Å². The SMILES string of the molecule is Cc1c(C)n(CC(C)N2CCCC2)c2ncnc(N)c12. The molecule has 0 radical (unpaired) electrons. The molecule has 3 heterocycles. The minimum Gasteiger partial charge on any atom is -0.383 e. The van der Waals surface area contributed by atoms with Gasteiger partial charge in [-0.15, -0.1) is 0 Å². The van der Waals surface area contributed by atoms with E-state index in [1.54, 1.807) is 6.33 Å². The fraction of sp³-hybridized carbons (Fsp3) is 0.600. The topological polar surface area (TPSA) is 60.0 Å². The summed E-state index contributed by atoms with van der Waals surface area (Å²) in [4.78, 5) is 11.1. The van der Waals surface area contributed by atoms with Crippen LogP contribution in [0.3, 0.4) is 0 Å². The van der Waals surface area contributed by atoms with Gasteiger partial charge in [-0.3, -0.25) is 4.90 Å². The van der Waals surface area contributed by atoms with Crippen LogP contribution in [-0.4, -0.2) is 38.6 Å². The molecular formula is C15H23N5. The lowest BCUT2D eigenvalue weighted by molar-refractivity contribution is 0.236. The zero-order chi connectivity index (χ0) is 14.3. The van der Waals surface area contributed by atoms with E-state index in [1.807, 2.05) is 0 Å². The first kappa shape index (κ1) is 13.4. The zero-order valence-corrected chi connectivity index (χ0v) is 12.6. The molecule has 2 aromatic rings. The van der Waals surface area contributed by atoms with Gasteiger partial charge in [-0.2, -0.15) is 0 Å². The van der Waals surface area contributed by atoms with Crippen LogP contribution in [0.2, 0.25) is 0 Å². The Bertz CT molecular complexity index is 625. The monoisotopic (exact) mass is 273 g/mol. The average molecular weight is 273 g/mol. The number of fused-ring (bicyclic) bond motifs is 1. The number of nitrogens with zero attached hydrogens (tertiary/aromatic N) is 4. The summed E-state index contributed by atoms with van der Waals surface area (Å²) >= 11 is 0. The van der Waals surface area contributed by atoms with Gasteiger partial charge in [0.2, 0.25) is 0 Å². The summed E-state index contributed by atoms with van der Waals surface area (Å²) in [5, 5.41) is 1.01. The number of anilines is 1. The second kappa shape index (κ2) is 5.05. The second-order valence-electron chi connectivity index (χ2n) is 5.87. The molecule has 5 nitrogen and oxygen atoms in total. The molecular weight excluding hydrogens is 250 g/mol. The quantitative estimate of drug-likeness (QED) is 0.930. The minimum absolute atomic E-state index is 0.530. The molecule has 108 valence electrons. The van der Waals surface area contributed by atoms with Crippen LogP contribution < -0.4 is 5.73 Å². The van der Waals surface area contributed by atoms with Crippen LogP contribution in [-0.2, 0) is 6.54 Å². The third-order valence-electron chi connectivity index (χ3n) is 4.65. The summed E-state index contributed by atoms with van der Waals surface area (Å²) in [6.45, 7) is 9.95. The maximum atomic E-state index is 6.02. The van der Waals surface area contributed by atoms with Crippen molar-refractivity contribution >= 4 is 16.9 Å². The summed E-state index contributed by atoms with van der Waals surface area (Å²) in [5.41, 5.74) is 9.44. The highest BCUT2D eigenvalue weighted by Crippen LogP contribution is 2.27. The molecule has 2 N–H and O–H groups in total. The molecule has 1 saturated heterocycles. The van der Waals surface area contributed by atoms with Crippen molar-refractivity contribution in [2.75, 3.05) is 18.8 Å².